The van der Waals surface area contributed by atoms with Gasteiger partial charge in [0.15, 0.2) is 5.76 Å². The lowest BCUT2D eigenvalue weighted by Crippen LogP contribution is -2.11. The van der Waals surface area contributed by atoms with Crippen LogP contribution in [0.5, 0.6) is 0 Å². The minimum atomic E-state index is -0.262. The van der Waals surface area contributed by atoms with Gasteiger partial charge in [-0.05, 0) is 18.6 Å². The predicted octanol–water partition coefficient (Wildman–Crippen LogP) is 4.21. The number of aromatic amines is 1. The summed E-state index contributed by atoms with van der Waals surface area (Å²) in [7, 11) is 0. The lowest BCUT2D eigenvalue weighted by Gasteiger charge is -2.11. The summed E-state index contributed by atoms with van der Waals surface area (Å²) in [6.45, 7) is 1.81. The van der Waals surface area contributed by atoms with Crippen molar-refractivity contribution < 1.29 is 4.52 Å². The van der Waals surface area contributed by atoms with E-state index in [1.165, 1.54) is 0 Å². The van der Waals surface area contributed by atoms with Crippen LogP contribution in [-0.2, 0) is 0 Å². The first-order valence-electron chi connectivity index (χ1n) is 7.34. The Morgan fingerprint density at radius 1 is 1.12 bits per heavy atom. The number of aryl methyl sites for hydroxylation is 1. The minimum absolute atomic E-state index is 0.262. The van der Waals surface area contributed by atoms with E-state index in [1.54, 1.807) is 18.3 Å². The second-order valence-corrected chi connectivity index (χ2v) is 5.84. The van der Waals surface area contributed by atoms with Gasteiger partial charge in [-0.25, -0.2) is 4.98 Å². The molecule has 1 aromatic carbocycles. The molecule has 0 saturated carbocycles. The third-order valence-electron chi connectivity index (χ3n) is 3.80. The van der Waals surface area contributed by atoms with Crippen LogP contribution in [0.3, 0.4) is 0 Å². The maximum absolute atomic E-state index is 12.7. The molecule has 4 aromatic rings. The van der Waals surface area contributed by atoms with Gasteiger partial charge >= 0.3 is 0 Å². The number of H-pyrrole nitrogens is 1. The summed E-state index contributed by atoms with van der Waals surface area (Å²) < 4.78 is 5.35. The first-order chi connectivity index (χ1) is 11.6. The van der Waals surface area contributed by atoms with Gasteiger partial charge in [-0.1, -0.05) is 47.1 Å². The Labute approximate surface area is 141 Å². The van der Waals surface area contributed by atoms with E-state index in [4.69, 9.17) is 16.1 Å². The molecule has 1 N–H and O–H groups in total. The van der Waals surface area contributed by atoms with E-state index in [-0.39, 0.29) is 5.56 Å². The van der Waals surface area contributed by atoms with Gasteiger partial charge < -0.3 is 9.51 Å². The molecule has 0 aliphatic rings. The molecule has 0 atom stereocenters. The number of fused-ring (bicyclic) bond motifs is 1. The van der Waals surface area contributed by atoms with Crippen LogP contribution in [0, 0.1) is 6.92 Å². The largest absolute Gasteiger partial charge is 0.356 e. The summed E-state index contributed by atoms with van der Waals surface area (Å²) in [4.78, 5) is 19.6. The fourth-order valence-electron chi connectivity index (χ4n) is 2.79. The van der Waals surface area contributed by atoms with Crippen LogP contribution in [0.4, 0.5) is 0 Å². The first kappa shape index (κ1) is 14.7. The van der Waals surface area contributed by atoms with Gasteiger partial charge in [0.2, 0.25) is 0 Å². The van der Waals surface area contributed by atoms with Crippen LogP contribution in [0.15, 0.2) is 58.0 Å². The van der Waals surface area contributed by atoms with Gasteiger partial charge in [-0.3, -0.25) is 4.79 Å². The molecule has 24 heavy (non-hydrogen) atoms. The SMILES string of the molecule is Cc1cc(-c2c(-c3ccccc3)c3cc(Cl)ncc3[nH]c2=O)on1. The van der Waals surface area contributed by atoms with Gasteiger partial charge in [-0.2, -0.15) is 0 Å². The van der Waals surface area contributed by atoms with Crippen LogP contribution in [0.2, 0.25) is 5.15 Å². The number of pyridine rings is 2. The van der Waals surface area contributed by atoms with Gasteiger partial charge in [0, 0.05) is 17.0 Å². The maximum atomic E-state index is 12.7. The van der Waals surface area contributed by atoms with Crippen molar-refractivity contribution in [1.29, 1.82) is 0 Å². The standard InChI is InChI=1S/C18H12ClN3O2/c1-10-7-14(24-22-10)17-16(11-5-3-2-4-6-11)12-8-15(19)20-9-13(12)21-18(17)23/h2-9H,1H3,(H,21,23). The van der Waals surface area contributed by atoms with E-state index in [9.17, 15) is 4.79 Å². The number of nitrogens with zero attached hydrogens (tertiary/aromatic N) is 2. The zero-order chi connectivity index (χ0) is 16.7. The fraction of sp³-hybridized carbons (Fsp3) is 0.0556. The lowest BCUT2D eigenvalue weighted by molar-refractivity contribution is 0.427. The van der Waals surface area contributed by atoms with E-state index < -0.39 is 0 Å². The third-order valence-corrected chi connectivity index (χ3v) is 4.01. The topological polar surface area (TPSA) is 71.8 Å². The Hall–Kier alpha value is -2.92. The summed E-state index contributed by atoms with van der Waals surface area (Å²) in [5, 5.41) is 5.05. The molecule has 0 fully saturated rings. The molecule has 0 unspecified atom stereocenters. The quantitative estimate of drug-likeness (QED) is 0.556. The number of halogens is 1. The number of rotatable bonds is 2. The summed E-state index contributed by atoms with van der Waals surface area (Å²) in [5.74, 6) is 0.419. The lowest BCUT2D eigenvalue weighted by atomic mass is 9.95. The summed E-state index contributed by atoms with van der Waals surface area (Å²) in [6, 6.07) is 13.1. The van der Waals surface area contributed by atoms with Crippen LogP contribution in [0.1, 0.15) is 5.69 Å². The molecule has 4 rings (SSSR count). The maximum Gasteiger partial charge on any atom is 0.260 e. The molecule has 0 amide bonds. The fourth-order valence-corrected chi connectivity index (χ4v) is 2.95. The Bertz CT molecular complexity index is 1100. The van der Waals surface area contributed by atoms with Crippen molar-refractivity contribution in [2.75, 3.05) is 0 Å². The highest BCUT2D eigenvalue weighted by Gasteiger charge is 2.19. The molecule has 3 heterocycles. The normalized spacial score (nSPS) is 11.1. The molecule has 0 radical (unpaired) electrons. The summed E-state index contributed by atoms with van der Waals surface area (Å²) in [6.07, 6.45) is 1.56. The predicted molar refractivity (Wildman–Crippen MR) is 93.0 cm³/mol. The van der Waals surface area contributed by atoms with Crippen LogP contribution < -0.4 is 5.56 Å². The van der Waals surface area contributed by atoms with Crippen molar-refractivity contribution in [2.24, 2.45) is 0 Å². The monoisotopic (exact) mass is 337 g/mol. The number of hydrogen-bond acceptors (Lipinski definition) is 4. The zero-order valence-corrected chi connectivity index (χ0v) is 13.5. The first-order valence-corrected chi connectivity index (χ1v) is 7.72. The molecule has 118 valence electrons. The third kappa shape index (κ3) is 2.39. The van der Waals surface area contributed by atoms with Crippen LogP contribution in [-0.4, -0.2) is 15.1 Å². The molecule has 0 aliphatic carbocycles. The number of aromatic nitrogens is 3. The minimum Gasteiger partial charge on any atom is -0.356 e. The van der Waals surface area contributed by atoms with Gasteiger partial charge in [0.05, 0.1) is 23.0 Å². The highest BCUT2D eigenvalue weighted by atomic mass is 35.5. The van der Waals surface area contributed by atoms with Crippen molar-refractivity contribution in [3.8, 4) is 22.5 Å². The number of benzene rings is 1. The molecule has 6 heteroatoms. The second-order valence-electron chi connectivity index (χ2n) is 5.46. The molecule has 0 saturated heterocycles. The Kier molecular flexibility index (Phi) is 3.43. The van der Waals surface area contributed by atoms with E-state index in [0.717, 1.165) is 16.5 Å². The van der Waals surface area contributed by atoms with E-state index >= 15 is 0 Å². The van der Waals surface area contributed by atoms with Crippen molar-refractivity contribution in [2.45, 2.75) is 6.92 Å². The van der Waals surface area contributed by atoms with Crippen molar-refractivity contribution in [1.82, 2.24) is 15.1 Å². The Morgan fingerprint density at radius 2 is 1.92 bits per heavy atom. The zero-order valence-electron chi connectivity index (χ0n) is 12.7. The van der Waals surface area contributed by atoms with Gasteiger partial charge in [-0.15, -0.1) is 0 Å². The number of hydrogen-bond donors (Lipinski definition) is 1. The highest BCUT2D eigenvalue weighted by molar-refractivity contribution is 6.30. The van der Waals surface area contributed by atoms with Crippen molar-refractivity contribution in [3.63, 3.8) is 0 Å². The van der Waals surface area contributed by atoms with E-state index in [2.05, 4.69) is 15.1 Å². The average Bonchev–Trinajstić information content (AvgIpc) is 3.01. The molecule has 5 nitrogen and oxygen atoms in total. The molecule has 0 aliphatic heterocycles. The van der Waals surface area contributed by atoms with E-state index in [0.29, 0.717) is 27.7 Å². The van der Waals surface area contributed by atoms with Gasteiger partial charge in [0.25, 0.3) is 5.56 Å². The summed E-state index contributed by atoms with van der Waals surface area (Å²) >= 11 is 6.08. The molecular formula is C18H12ClN3O2. The molecule has 0 bridgehead atoms. The Morgan fingerprint density at radius 3 is 2.62 bits per heavy atom. The van der Waals surface area contributed by atoms with Gasteiger partial charge in [0.1, 0.15) is 5.15 Å². The van der Waals surface area contributed by atoms with Crippen LogP contribution in [0.25, 0.3) is 33.4 Å². The molecule has 3 aromatic heterocycles. The van der Waals surface area contributed by atoms with E-state index in [1.807, 2.05) is 37.3 Å². The number of nitrogens with one attached hydrogen (secondary N) is 1. The molecular weight excluding hydrogens is 326 g/mol. The van der Waals surface area contributed by atoms with Crippen LogP contribution >= 0.6 is 11.6 Å². The average molecular weight is 338 g/mol. The summed E-state index contributed by atoms with van der Waals surface area (Å²) in [5.41, 5.74) is 3.12. The highest BCUT2D eigenvalue weighted by Crippen LogP contribution is 2.35. The van der Waals surface area contributed by atoms with Crippen molar-refractivity contribution >= 4 is 22.5 Å². The Balaban J connectivity index is 2.18. The smallest absolute Gasteiger partial charge is 0.260 e. The van der Waals surface area contributed by atoms with Crippen molar-refractivity contribution in [3.05, 3.63) is 69.9 Å². The molecule has 0 spiro atoms. The second kappa shape index (κ2) is 5.62.